The molecule has 0 saturated heterocycles. The maximum Gasteiger partial charge on any atom is 0.260 e. The summed E-state index contributed by atoms with van der Waals surface area (Å²) in [6.45, 7) is 2.09. The van der Waals surface area contributed by atoms with Crippen LogP contribution < -0.4 is 10.2 Å². The van der Waals surface area contributed by atoms with Crippen LogP contribution in [0.2, 0.25) is 0 Å². The van der Waals surface area contributed by atoms with Crippen LogP contribution in [0.5, 0.6) is 0 Å². The van der Waals surface area contributed by atoms with Gasteiger partial charge in [0.25, 0.3) is 5.89 Å². The molecule has 1 atom stereocenters. The third kappa shape index (κ3) is 4.38. The maximum absolute atomic E-state index is 5.51. The highest BCUT2D eigenvalue weighted by Gasteiger charge is 2.16. The summed E-state index contributed by atoms with van der Waals surface area (Å²) in [6.07, 6.45) is 0.733. The van der Waals surface area contributed by atoms with Crippen LogP contribution in [-0.4, -0.2) is 30.3 Å². The number of hydrogen-bond donors (Lipinski definition) is 1. The van der Waals surface area contributed by atoms with E-state index in [0.29, 0.717) is 17.8 Å². The first-order valence-electron chi connectivity index (χ1n) is 8.07. The molecule has 0 saturated carbocycles. The van der Waals surface area contributed by atoms with Gasteiger partial charge in [0.05, 0.1) is 11.3 Å². The topological polar surface area (TPSA) is 54.2 Å². The van der Waals surface area contributed by atoms with Crippen LogP contribution in [-0.2, 0) is 6.42 Å². The van der Waals surface area contributed by atoms with Gasteiger partial charge in [-0.3, -0.25) is 0 Å². The minimum Gasteiger partial charge on any atom is -0.344 e. The molecule has 0 amide bonds. The first-order chi connectivity index (χ1) is 11.7. The Hall–Kier alpha value is -2.37. The summed E-state index contributed by atoms with van der Waals surface area (Å²) in [5, 5.41) is 7.29. The van der Waals surface area contributed by atoms with Crippen molar-refractivity contribution in [1.82, 2.24) is 15.5 Å². The lowest BCUT2D eigenvalue weighted by Gasteiger charge is -2.21. The summed E-state index contributed by atoms with van der Waals surface area (Å²) in [7, 11) is 3.96. The van der Waals surface area contributed by atoms with Crippen molar-refractivity contribution in [2.45, 2.75) is 19.4 Å². The van der Waals surface area contributed by atoms with Crippen molar-refractivity contribution < 1.29 is 4.52 Å². The molecule has 0 fully saturated rings. The van der Waals surface area contributed by atoms with Gasteiger partial charge in [-0.2, -0.15) is 4.98 Å². The summed E-state index contributed by atoms with van der Waals surface area (Å²) >= 11 is 0. The quantitative estimate of drug-likeness (QED) is 0.719. The average Bonchev–Trinajstić information content (AvgIpc) is 3.10. The van der Waals surface area contributed by atoms with Crippen molar-refractivity contribution in [1.29, 1.82) is 0 Å². The number of halogens is 1. The lowest BCUT2D eigenvalue weighted by atomic mass is 10.1. The minimum atomic E-state index is 0. The van der Waals surface area contributed by atoms with E-state index in [9.17, 15) is 0 Å². The maximum atomic E-state index is 5.51. The van der Waals surface area contributed by atoms with Crippen molar-refractivity contribution in [2.75, 3.05) is 19.0 Å². The molecule has 0 aliphatic carbocycles. The standard InChI is InChI=1S/C19H22N4O.ClH/c1-14(20-2)13-18-21-19(24-22-18)16-11-7-8-12-17(16)23(3)15-9-5-4-6-10-15;/h4-12,14,20H,13H2,1-3H3;1H. The van der Waals surface area contributed by atoms with Gasteiger partial charge in [0, 0.05) is 25.2 Å². The molecule has 0 radical (unpaired) electrons. The Bertz CT molecular complexity index is 791. The number of nitrogens with zero attached hydrogens (tertiary/aromatic N) is 3. The van der Waals surface area contributed by atoms with E-state index >= 15 is 0 Å². The van der Waals surface area contributed by atoms with Gasteiger partial charge in [-0.05, 0) is 38.2 Å². The third-order valence-corrected chi connectivity index (χ3v) is 4.09. The van der Waals surface area contributed by atoms with Crippen LogP contribution >= 0.6 is 12.4 Å². The number of rotatable bonds is 6. The molecule has 0 aliphatic rings. The van der Waals surface area contributed by atoms with Gasteiger partial charge in [-0.15, -0.1) is 12.4 Å². The molecule has 1 heterocycles. The Balaban J connectivity index is 0.00000225. The molecular weight excluding hydrogens is 336 g/mol. The van der Waals surface area contributed by atoms with Crippen molar-refractivity contribution >= 4 is 23.8 Å². The number of likely N-dealkylation sites (N-methyl/N-ethyl adjacent to an activating group) is 1. The lowest BCUT2D eigenvalue weighted by molar-refractivity contribution is 0.418. The van der Waals surface area contributed by atoms with Gasteiger partial charge in [0.15, 0.2) is 5.82 Å². The lowest BCUT2D eigenvalue weighted by Crippen LogP contribution is -2.24. The second kappa shape index (κ2) is 8.65. The molecule has 1 aromatic heterocycles. The first-order valence-corrected chi connectivity index (χ1v) is 8.07. The molecule has 3 rings (SSSR count). The van der Waals surface area contributed by atoms with Crippen LogP contribution in [0.4, 0.5) is 11.4 Å². The molecule has 0 spiro atoms. The smallest absolute Gasteiger partial charge is 0.260 e. The second-order valence-corrected chi connectivity index (χ2v) is 5.82. The van der Waals surface area contributed by atoms with E-state index in [1.807, 2.05) is 50.5 Å². The molecule has 2 aromatic carbocycles. The Kier molecular flexibility index (Phi) is 6.56. The number of aromatic nitrogens is 2. The number of nitrogens with one attached hydrogen (secondary N) is 1. The molecule has 3 aromatic rings. The summed E-state index contributed by atoms with van der Waals surface area (Å²) in [4.78, 5) is 6.68. The Morgan fingerprint density at radius 2 is 1.76 bits per heavy atom. The van der Waals surface area contributed by atoms with Gasteiger partial charge in [-0.25, -0.2) is 0 Å². The fourth-order valence-electron chi connectivity index (χ4n) is 2.56. The molecule has 1 unspecified atom stereocenters. The van der Waals surface area contributed by atoms with Crippen LogP contribution in [0.15, 0.2) is 59.1 Å². The van der Waals surface area contributed by atoms with E-state index < -0.39 is 0 Å². The number of benzene rings is 2. The highest BCUT2D eigenvalue weighted by atomic mass is 35.5. The average molecular weight is 359 g/mol. The largest absolute Gasteiger partial charge is 0.344 e. The van der Waals surface area contributed by atoms with Crippen LogP contribution in [0.25, 0.3) is 11.5 Å². The highest BCUT2D eigenvalue weighted by molar-refractivity contribution is 5.85. The molecular formula is C19H23ClN4O. The van der Waals surface area contributed by atoms with Crippen molar-refractivity contribution in [3.8, 4) is 11.5 Å². The summed E-state index contributed by atoms with van der Waals surface area (Å²) < 4.78 is 5.51. The number of hydrogen-bond acceptors (Lipinski definition) is 5. The Labute approximate surface area is 154 Å². The fraction of sp³-hybridized carbons (Fsp3) is 0.263. The van der Waals surface area contributed by atoms with E-state index in [1.54, 1.807) is 0 Å². The third-order valence-electron chi connectivity index (χ3n) is 4.09. The Morgan fingerprint density at radius 1 is 1.08 bits per heavy atom. The van der Waals surface area contributed by atoms with Crippen molar-refractivity contribution in [3.05, 3.63) is 60.4 Å². The zero-order chi connectivity index (χ0) is 16.9. The van der Waals surface area contributed by atoms with Crippen LogP contribution in [0, 0.1) is 0 Å². The van der Waals surface area contributed by atoms with E-state index in [0.717, 1.165) is 23.4 Å². The molecule has 0 aliphatic heterocycles. The van der Waals surface area contributed by atoms with Gasteiger partial charge < -0.3 is 14.7 Å². The predicted octanol–water partition coefficient (Wildman–Crippen LogP) is 4.08. The van der Waals surface area contributed by atoms with E-state index in [-0.39, 0.29) is 12.4 Å². The molecule has 132 valence electrons. The summed E-state index contributed by atoms with van der Waals surface area (Å²) in [5.41, 5.74) is 3.06. The van der Waals surface area contributed by atoms with Crippen LogP contribution in [0.1, 0.15) is 12.7 Å². The number of anilines is 2. The van der Waals surface area contributed by atoms with Gasteiger partial charge in [0.2, 0.25) is 0 Å². The SMILES string of the molecule is CNC(C)Cc1noc(-c2ccccc2N(C)c2ccccc2)n1.Cl. The molecule has 0 bridgehead atoms. The summed E-state index contributed by atoms with van der Waals surface area (Å²) in [6, 6.07) is 18.6. The fourth-order valence-corrected chi connectivity index (χ4v) is 2.56. The zero-order valence-electron chi connectivity index (χ0n) is 14.6. The normalized spacial score (nSPS) is 11.6. The van der Waals surface area contributed by atoms with Crippen molar-refractivity contribution in [3.63, 3.8) is 0 Å². The van der Waals surface area contributed by atoms with E-state index in [2.05, 4.69) is 45.5 Å². The molecule has 1 N–H and O–H groups in total. The Morgan fingerprint density at radius 3 is 2.48 bits per heavy atom. The van der Waals surface area contributed by atoms with Crippen molar-refractivity contribution in [2.24, 2.45) is 0 Å². The first kappa shape index (κ1) is 19.0. The highest BCUT2D eigenvalue weighted by Crippen LogP contribution is 2.33. The second-order valence-electron chi connectivity index (χ2n) is 5.82. The van der Waals surface area contributed by atoms with Gasteiger partial charge >= 0.3 is 0 Å². The predicted molar refractivity (Wildman–Crippen MR) is 104 cm³/mol. The summed E-state index contributed by atoms with van der Waals surface area (Å²) in [5.74, 6) is 1.26. The minimum absolute atomic E-state index is 0. The molecule has 6 heteroatoms. The molecule has 5 nitrogen and oxygen atoms in total. The van der Waals surface area contributed by atoms with Crippen LogP contribution in [0.3, 0.4) is 0 Å². The zero-order valence-corrected chi connectivity index (χ0v) is 15.5. The van der Waals surface area contributed by atoms with E-state index in [4.69, 9.17) is 4.52 Å². The van der Waals surface area contributed by atoms with E-state index in [1.165, 1.54) is 0 Å². The number of para-hydroxylation sites is 2. The van der Waals surface area contributed by atoms with Gasteiger partial charge in [-0.1, -0.05) is 35.5 Å². The van der Waals surface area contributed by atoms with Gasteiger partial charge in [0.1, 0.15) is 0 Å². The molecule has 25 heavy (non-hydrogen) atoms. The monoisotopic (exact) mass is 358 g/mol.